The number of fused-ring (bicyclic) bond motifs is 1. The quantitative estimate of drug-likeness (QED) is 0.868. The third kappa shape index (κ3) is 3.48. The van der Waals surface area contributed by atoms with Gasteiger partial charge >= 0.3 is 0 Å². The second kappa shape index (κ2) is 7.52. The van der Waals surface area contributed by atoms with E-state index in [9.17, 15) is 9.59 Å². The molecule has 1 aromatic heterocycles. The van der Waals surface area contributed by atoms with E-state index in [1.165, 1.54) is 30.2 Å². The zero-order valence-electron chi connectivity index (χ0n) is 15.2. The van der Waals surface area contributed by atoms with Crippen molar-refractivity contribution in [2.24, 2.45) is 5.92 Å². The van der Waals surface area contributed by atoms with Crippen LogP contribution in [0.3, 0.4) is 0 Å². The number of carbonyl (C=O) groups is 2. The lowest BCUT2D eigenvalue weighted by Gasteiger charge is -2.31. The number of nitrogens with one attached hydrogen (secondary N) is 2. The first kappa shape index (κ1) is 17.1. The number of benzene rings is 1. The summed E-state index contributed by atoms with van der Waals surface area (Å²) in [4.78, 5) is 30.1. The van der Waals surface area contributed by atoms with Gasteiger partial charge in [-0.15, -0.1) is 0 Å². The molecule has 0 bridgehead atoms. The molecule has 138 valence electrons. The molecule has 1 aliphatic carbocycles. The number of H-pyrrole nitrogens is 1. The molecule has 1 unspecified atom stereocenters. The van der Waals surface area contributed by atoms with Gasteiger partial charge in [-0.3, -0.25) is 9.59 Å². The molecule has 26 heavy (non-hydrogen) atoms. The molecule has 2 heterocycles. The second-order valence-corrected chi connectivity index (χ2v) is 7.64. The molecule has 2 amide bonds. The molecule has 2 aromatic rings. The summed E-state index contributed by atoms with van der Waals surface area (Å²) in [5.74, 6) is -0.00225. The van der Waals surface area contributed by atoms with Gasteiger partial charge in [0.1, 0.15) is 0 Å². The maximum absolute atomic E-state index is 12.5. The van der Waals surface area contributed by atoms with Gasteiger partial charge in [0.15, 0.2) is 0 Å². The van der Waals surface area contributed by atoms with E-state index in [-0.39, 0.29) is 17.7 Å². The maximum atomic E-state index is 12.5. The number of hydrogen-bond acceptors (Lipinski definition) is 2. The average molecular weight is 353 g/mol. The number of amides is 2. The van der Waals surface area contributed by atoms with Crippen LogP contribution in [0.15, 0.2) is 30.5 Å². The van der Waals surface area contributed by atoms with E-state index >= 15 is 0 Å². The van der Waals surface area contributed by atoms with Gasteiger partial charge in [0.25, 0.3) is 0 Å². The van der Waals surface area contributed by atoms with Crippen LogP contribution in [0.5, 0.6) is 0 Å². The Kier molecular flexibility index (Phi) is 4.96. The van der Waals surface area contributed by atoms with E-state index in [0.29, 0.717) is 25.6 Å². The van der Waals surface area contributed by atoms with Gasteiger partial charge in [0.05, 0.1) is 5.92 Å². The molecule has 0 spiro atoms. The van der Waals surface area contributed by atoms with Crippen molar-refractivity contribution in [2.75, 3.05) is 13.1 Å². The molecule has 4 rings (SSSR count). The molecule has 1 aromatic carbocycles. The topological polar surface area (TPSA) is 65.2 Å². The van der Waals surface area contributed by atoms with Crippen LogP contribution in [0.2, 0.25) is 0 Å². The fraction of sp³-hybridized carbons (Fsp3) is 0.524. The third-order valence-corrected chi connectivity index (χ3v) is 5.91. The Bertz CT molecular complexity index is 791. The van der Waals surface area contributed by atoms with Crippen molar-refractivity contribution >= 4 is 22.7 Å². The zero-order valence-corrected chi connectivity index (χ0v) is 15.2. The smallest absolute Gasteiger partial charge is 0.225 e. The van der Waals surface area contributed by atoms with E-state index in [4.69, 9.17) is 0 Å². The van der Waals surface area contributed by atoms with Gasteiger partial charge < -0.3 is 15.2 Å². The van der Waals surface area contributed by atoms with Crippen molar-refractivity contribution in [3.8, 4) is 0 Å². The molecule has 0 radical (unpaired) electrons. The lowest BCUT2D eigenvalue weighted by molar-refractivity contribution is -0.130. The first-order valence-corrected chi connectivity index (χ1v) is 9.84. The van der Waals surface area contributed by atoms with Gasteiger partial charge in [-0.2, -0.15) is 0 Å². The molecule has 2 aliphatic rings. The summed E-state index contributed by atoms with van der Waals surface area (Å²) in [6.45, 7) is 1.21. The number of nitrogens with zero attached hydrogens (tertiary/aromatic N) is 1. The summed E-state index contributed by atoms with van der Waals surface area (Å²) >= 11 is 0. The van der Waals surface area contributed by atoms with E-state index in [1.807, 2.05) is 23.2 Å². The van der Waals surface area contributed by atoms with E-state index in [1.54, 1.807) is 0 Å². The van der Waals surface area contributed by atoms with Crippen LogP contribution in [-0.2, 0) is 16.0 Å². The van der Waals surface area contributed by atoms with Crippen LogP contribution in [0.4, 0.5) is 0 Å². The lowest BCUT2D eigenvalue weighted by atomic mass is 9.94. The predicted octanol–water partition coefficient (Wildman–Crippen LogP) is 3.01. The van der Waals surface area contributed by atoms with Crippen molar-refractivity contribution in [3.63, 3.8) is 0 Å². The van der Waals surface area contributed by atoms with Crippen molar-refractivity contribution in [1.29, 1.82) is 0 Å². The normalized spacial score (nSPS) is 21.5. The minimum absolute atomic E-state index is 0.0245. The number of rotatable bonds is 5. The summed E-state index contributed by atoms with van der Waals surface area (Å²) < 4.78 is 0. The summed E-state index contributed by atoms with van der Waals surface area (Å²) in [6.07, 6.45) is 9.06. The highest BCUT2D eigenvalue weighted by atomic mass is 16.2. The number of aromatic nitrogens is 1. The molecule has 1 saturated heterocycles. The summed E-state index contributed by atoms with van der Waals surface area (Å²) in [5.41, 5.74) is 2.34. The lowest BCUT2D eigenvalue weighted by Crippen LogP contribution is -2.39. The minimum Gasteiger partial charge on any atom is -0.361 e. The van der Waals surface area contributed by atoms with E-state index in [2.05, 4.69) is 22.4 Å². The van der Waals surface area contributed by atoms with Gasteiger partial charge in [0.2, 0.25) is 11.8 Å². The Balaban J connectivity index is 1.29. The van der Waals surface area contributed by atoms with Crippen molar-refractivity contribution in [2.45, 2.75) is 51.0 Å². The van der Waals surface area contributed by atoms with Gasteiger partial charge in [-0.05, 0) is 30.9 Å². The number of aromatic amines is 1. The number of likely N-dealkylation sites (tertiary alicyclic amines) is 1. The fourth-order valence-corrected chi connectivity index (χ4v) is 4.46. The highest BCUT2D eigenvalue weighted by molar-refractivity contribution is 5.89. The van der Waals surface area contributed by atoms with E-state index < -0.39 is 0 Å². The zero-order chi connectivity index (χ0) is 17.9. The van der Waals surface area contributed by atoms with Gasteiger partial charge in [-0.25, -0.2) is 0 Å². The highest BCUT2D eigenvalue weighted by Crippen LogP contribution is 2.28. The van der Waals surface area contributed by atoms with Gasteiger partial charge in [-0.1, -0.05) is 37.5 Å². The largest absolute Gasteiger partial charge is 0.361 e. The molecule has 1 aliphatic heterocycles. The standard InChI is InChI=1S/C21H27N3O2/c25-20-12-16(14-24(20)17-6-2-1-3-7-17)21(26)22-11-10-15-13-23-19-9-5-4-8-18(15)19/h4-5,8-9,13,16-17,23H,1-3,6-7,10-12,14H2,(H,22,26). The second-order valence-electron chi connectivity index (χ2n) is 7.64. The Morgan fingerprint density at radius 1 is 1.19 bits per heavy atom. The summed E-state index contributed by atoms with van der Waals surface area (Å²) in [6, 6.07) is 8.56. The van der Waals surface area contributed by atoms with Crippen LogP contribution in [0.1, 0.15) is 44.1 Å². The Hall–Kier alpha value is -2.30. The van der Waals surface area contributed by atoms with Crippen LogP contribution < -0.4 is 5.32 Å². The van der Waals surface area contributed by atoms with Crippen molar-refractivity contribution in [1.82, 2.24) is 15.2 Å². The van der Waals surface area contributed by atoms with Crippen molar-refractivity contribution in [3.05, 3.63) is 36.0 Å². The maximum Gasteiger partial charge on any atom is 0.225 e. The Morgan fingerprint density at radius 2 is 2.00 bits per heavy atom. The first-order chi connectivity index (χ1) is 12.7. The van der Waals surface area contributed by atoms with Crippen LogP contribution in [-0.4, -0.2) is 40.8 Å². The summed E-state index contributed by atoms with van der Waals surface area (Å²) in [7, 11) is 0. The Labute approximate surface area is 154 Å². The number of hydrogen-bond donors (Lipinski definition) is 2. The first-order valence-electron chi connectivity index (χ1n) is 9.84. The van der Waals surface area contributed by atoms with Crippen LogP contribution in [0, 0.1) is 5.92 Å². The predicted molar refractivity (Wildman–Crippen MR) is 102 cm³/mol. The fourth-order valence-electron chi connectivity index (χ4n) is 4.46. The third-order valence-electron chi connectivity index (χ3n) is 5.91. The average Bonchev–Trinajstić information content (AvgIpc) is 3.26. The molecule has 2 N–H and O–H groups in total. The molecular weight excluding hydrogens is 326 g/mol. The highest BCUT2D eigenvalue weighted by Gasteiger charge is 2.37. The monoisotopic (exact) mass is 353 g/mol. The minimum atomic E-state index is -0.188. The molecule has 5 heteroatoms. The molecule has 5 nitrogen and oxygen atoms in total. The molecular formula is C21H27N3O2. The van der Waals surface area contributed by atoms with Crippen LogP contribution in [0.25, 0.3) is 10.9 Å². The summed E-state index contributed by atoms with van der Waals surface area (Å²) in [5, 5.41) is 4.25. The number of para-hydroxylation sites is 1. The van der Waals surface area contributed by atoms with E-state index in [0.717, 1.165) is 24.8 Å². The number of carbonyl (C=O) groups excluding carboxylic acids is 2. The van der Waals surface area contributed by atoms with Gasteiger partial charge in [0, 0.05) is 42.7 Å². The molecule has 2 fully saturated rings. The van der Waals surface area contributed by atoms with Crippen molar-refractivity contribution < 1.29 is 9.59 Å². The Morgan fingerprint density at radius 3 is 2.85 bits per heavy atom. The molecule has 1 saturated carbocycles. The molecule has 1 atom stereocenters. The SMILES string of the molecule is O=C(NCCc1c[nH]c2ccccc12)C1CC(=O)N(C2CCCCC2)C1. The van der Waals surface area contributed by atoms with Crippen LogP contribution >= 0.6 is 0 Å².